The van der Waals surface area contributed by atoms with Crippen LogP contribution in [0.5, 0.6) is 5.75 Å². The fourth-order valence-electron chi connectivity index (χ4n) is 2.20. The molecule has 0 spiro atoms. The van der Waals surface area contributed by atoms with Gasteiger partial charge in [-0.2, -0.15) is 0 Å². The molecule has 1 unspecified atom stereocenters. The molecule has 0 aliphatic carbocycles. The molecule has 1 aliphatic heterocycles. The summed E-state index contributed by atoms with van der Waals surface area (Å²) in [5, 5.41) is 12.6. The van der Waals surface area contributed by atoms with E-state index in [1.807, 2.05) is 12.1 Å². The molecule has 0 saturated carbocycles. The first-order valence-electron chi connectivity index (χ1n) is 5.83. The van der Waals surface area contributed by atoms with Crippen molar-refractivity contribution < 1.29 is 5.11 Å². The molecule has 2 heteroatoms. The molecule has 1 fully saturated rings. The first kappa shape index (κ1) is 10.5. The van der Waals surface area contributed by atoms with E-state index < -0.39 is 0 Å². The molecule has 1 atom stereocenters. The Morgan fingerprint density at radius 1 is 1.27 bits per heavy atom. The summed E-state index contributed by atoms with van der Waals surface area (Å²) in [7, 11) is 0. The van der Waals surface area contributed by atoms with E-state index in [9.17, 15) is 0 Å². The third-order valence-corrected chi connectivity index (χ3v) is 3.18. The highest BCUT2D eigenvalue weighted by Gasteiger charge is 2.12. The summed E-state index contributed by atoms with van der Waals surface area (Å²) in [5.41, 5.74) is 1.33. The maximum atomic E-state index is 9.16. The van der Waals surface area contributed by atoms with Gasteiger partial charge in [0.2, 0.25) is 0 Å². The molecule has 1 saturated heterocycles. The van der Waals surface area contributed by atoms with Gasteiger partial charge in [-0.3, -0.25) is 0 Å². The largest absolute Gasteiger partial charge is 0.508 e. The van der Waals surface area contributed by atoms with Gasteiger partial charge in [0, 0.05) is 0 Å². The zero-order valence-corrected chi connectivity index (χ0v) is 9.08. The van der Waals surface area contributed by atoms with Crippen molar-refractivity contribution in [1.82, 2.24) is 5.32 Å². The van der Waals surface area contributed by atoms with E-state index in [2.05, 4.69) is 5.32 Å². The predicted octanol–water partition coefficient (Wildman–Crippen LogP) is 2.32. The molecule has 15 heavy (non-hydrogen) atoms. The number of hydrogen-bond acceptors (Lipinski definition) is 2. The zero-order valence-electron chi connectivity index (χ0n) is 9.08. The minimum atomic E-state index is 0.359. The van der Waals surface area contributed by atoms with E-state index in [0.717, 1.165) is 12.3 Å². The number of benzene rings is 1. The summed E-state index contributed by atoms with van der Waals surface area (Å²) in [5.74, 6) is 1.20. The van der Waals surface area contributed by atoms with Crippen LogP contribution in [-0.4, -0.2) is 18.2 Å². The Hall–Kier alpha value is -1.02. The summed E-state index contributed by atoms with van der Waals surface area (Å²) < 4.78 is 0. The number of rotatable bonds is 3. The van der Waals surface area contributed by atoms with E-state index in [4.69, 9.17) is 5.11 Å². The number of aryl methyl sites for hydroxylation is 1. The van der Waals surface area contributed by atoms with Crippen molar-refractivity contribution in [2.45, 2.75) is 25.7 Å². The Morgan fingerprint density at radius 2 is 2.07 bits per heavy atom. The lowest BCUT2D eigenvalue weighted by Crippen LogP contribution is -2.29. The van der Waals surface area contributed by atoms with E-state index in [0.29, 0.717) is 5.75 Å². The van der Waals surface area contributed by atoms with Crippen molar-refractivity contribution in [3.05, 3.63) is 29.8 Å². The predicted molar refractivity (Wildman–Crippen MR) is 62.0 cm³/mol. The van der Waals surface area contributed by atoms with Gasteiger partial charge in [0.05, 0.1) is 0 Å². The number of phenolic OH excluding ortho intramolecular Hbond substituents is 1. The van der Waals surface area contributed by atoms with Gasteiger partial charge in [0.15, 0.2) is 0 Å². The highest BCUT2D eigenvalue weighted by Crippen LogP contribution is 2.18. The topological polar surface area (TPSA) is 32.3 Å². The minimum Gasteiger partial charge on any atom is -0.508 e. The molecular weight excluding hydrogens is 186 g/mol. The fraction of sp³-hybridized carbons (Fsp3) is 0.538. The van der Waals surface area contributed by atoms with Crippen LogP contribution in [0.2, 0.25) is 0 Å². The molecule has 2 N–H and O–H groups in total. The molecule has 0 bridgehead atoms. The Labute approximate surface area is 91.3 Å². The second kappa shape index (κ2) is 5.17. The first-order valence-corrected chi connectivity index (χ1v) is 5.83. The van der Waals surface area contributed by atoms with Gasteiger partial charge in [-0.15, -0.1) is 0 Å². The fourth-order valence-corrected chi connectivity index (χ4v) is 2.20. The van der Waals surface area contributed by atoms with E-state index in [1.165, 1.54) is 37.9 Å². The summed E-state index contributed by atoms with van der Waals surface area (Å²) in [6, 6.07) is 7.58. The summed E-state index contributed by atoms with van der Waals surface area (Å²) in [6.45, 7) is 2.37. The smallest absolute Gasteiger partial charge is 0.115 e. The Kier molecular flexibility index (Phi) is 3.62. The van der Waals surface area contributed by atoms with Crippen LogP contribution in [0.15, 0.2) is 24.3 Å². The monoisotopic (exact) mass is 205 g/mol. The van der Waals surface area contributed by atoms with Gasteiger partial charge in [0.1, 0.15) is 5.75 Å². The number of nitrogens with one attached hydrogen (secondary N) is 1. The van der Waals surface area contributed by atoms with Crippen LogP contribution in [0.3, 0.4) is 0 Å². The van der Waals surface area contributed by atoms with E-state index >= 15 is 0 Å². The van der Waals surface area contributed by atoms with E-state index in [1.54, 1.807) is 12.1 Å². The molecule has 0 radical (unpaired) electrons. The van der Waals surface area contributed by atoms with Gasteiger partial charge in [-0.05, 0) is 62.4 Å². The average molecular weight is 205 g/mol. The summed E-state index contributed by atoms with van der Waals surface area (Å²) in [4.78, 5) is 0. The third kappa shape index (κ3) is 3.24. The van der Waals surface area contributed by atoms with Crippen LogP contribution >= 0.6 is 0 Å². The number of aromatic hydroxyl groups is 1. The number of phenols is 1. The van der Waals surface area contributed by atoms with Crippen molar-refractivity contribution in [1.29, 1.82) is 0 Å². The SMILES string of the molecule is Oc1ccc(CCC2CCCNC2)cc1. The molecule has 2 rings (SSSR count). The van der Waals surface area contributed by atoms with Gasteiger partial charge >= 0.3 is 0 Å². The van der Waals surface area contributed by atoms with Gasteiger partial charge in [-0.25, -0.2) is 0 Å². The molecule has 0 aromatic heterocycles. The normalized spacial score (nSPS) is 21.5. The lowest BCUT2D eigenvalue weighted by Gasteiger charge is -2.22. The Morgan fingerprint density at radius 3 is 2.73 bits per heavy atom. The second-order valence-corrected chi connectivity index (χ2v) is 4.42. The van der Waals surface area contributed by atoms with E-state index in [-0.39, 0.29) is 0 Å². The number of piperidine rings is 1. The lowest BCUT2D eigenvalue weighted by atomic mass is 9.93. The average Bonchev–Trinajstić information content (AvgIpc) is 2.30. The molecule has 1 heterocycles. The molecule has 1 aromatic rings. The molecular formula is C13H19NO. The quantitative estimate of drug-likeness (QED) is 0.793. The Balaban J connectivity index is 1.79. The van der Waals surface area contributed by atoms with Crippen molar-refractivity contribution >= 4 is 0 Å². The van der Waals surface area contributed by atoms with Crippen molar-refractivity contribution in [2.75, 3.05) is 13.1 Å². The molecule has 1 aromatic carbocycles. The molecule has 0 amide bonds. The van der Waals surface area contributed by atoms with Crippen LogP contribution in [0, 0.1) is 5.92 Å². The minimum absolute atomic E-state index is 0.359. The zero-order chi connectivity index (χ0) is 10.5. The standard InChI is InChI=1S/C13H19NO/c15-13-7-5-11(6-8-13)3-4-12-2-1-9-14-10-12/h5-8,12,14-15H,1-4,9-10H2. The van der Waals surface area contributed by atoms with Crippen LogP contribution in [-0.2, 0) is 6.42 Å². The molecule has 1 aliphatic rings. The van der Waals surface area contributed by atoms with Gasteiger partial charge < -0.3 is 10.4 Å². The second-order valence-electron chi connectivity index (χ2n) is 4.42. The highest BCUT2D eigenvalue weighted by molar-refractivity contribution is 5.25. The lowest BCUT2D eigenvalue weighted by molar-refractivity contribution is 0.358. The van der Waals surface area contributed by atoms with Gasteiger partial charge in [-0.1, -0.05) is 12.1 Å². The maximum Gasteiger partial charge on any atom is 0.115 e. The van der Waals surface area contributed by atoms with Crippen molar-refractivity contribution in [3.8, 4) is 5.75 Å². The number of hydrogen-bond donors (Lipinski definition) is 2. The van der Waals surface area contributed by atoms with Crippen molar-refractivity contribution in [2.24, 2.45) is 5.92 Å². The van der Waals surface area contributed by atoms with Crippen LogP contribution in [0.4, 0.5) is 0 Å². The highest BCUT2D eigenvalue weighted by atomic mass is 16.3. The Bertz CT molecular complexity index is 288. The van der Waals surface area contributed by atoms with Crippen LogP contribution in [0.1, 0.15) is 24.8 Å². The summed E-state index contributed by atoms with van der Waals surface area (Å²) in [6.07, 6.45) is 5.08. The first-order chi connectivity index (χ1) is 7.34. The molecule has 2 nitrogen and oxygen atoms in total. The third-order valence-electron chi connectivity index (χ3n) is 3.18. The van der Waals surface area contributed by atoms with Gasteiger partial charge in [0.25, 0.3) is 0 Å². The van der Waals surface area contributed by atoms with Crippen molar-refractivity contribution in [3.63, 3.8) is 0 Å². The van der Waals surface area contributed by atoms with Crippen LogP contribution < -0.4 is 5.32 Å². The molecule has 82 valence electrons. The summed E-state index contributed by atoms with van der Waals surface area (Å²) >= 11 is 0. The maximum absolute atomic E-state index is 9.16. The van der Waals surface area contributed by atoms with Crippen LogP contribution in [0.25, 0.3) is 0 Å².